The van der Waals surface area contributed by atoms with Gasteiger partial charge < -0.3 is 0 Å². The van der Waals surface area contributed by atoms with Crippen molar-refractivity contribution in [3.8, 4) is 0 Å². The molecule has 2 rings (SSSR count). The summed E-state index contributed by atoms with van der Waals surface area (Å²) in [5.41, 5.74) is 3.36. The van der Waals surface area contributed by atoms with Crippen molar-refractivity contribution in [1.82, 2.24) is 0 Å². The van der Waals surface area contributed by atoms with Crippen molar-refractivity contribution >= 4 is 23.7 Å². The molecule has 1 aromatic carbocycles. The van der Waals surface area contributed by atoms with Gasteiger partial charge in [-0.15, -0.1) is 0 Å². The fourth-order valence-electron chi connectivity index (χ4n) is 1.97. The number of nitrogens with zero attached hydrogens (tertiary/aromatic N) is 2. The van der Waals surface area contributed by atoms with E-state index in [1.165, 1.54) is 16.0 Å². The molecule has 0 spiro atoms. The fourth-order valence-corrected chi connectivity index (χ4v) is 1.97. The smallest absolute Gasteiger partial charge is 0.0447 e. The van der Waals surface area contributed by atoms with Gasteiger partial charge in [0.25, 0.3) is 0 Å². The average Bonchev–Trinajstić information content (AvgIpc) is 2.50. The Hall–Kier alpha value is -1.70. The van der Waals surface area contributed by atoms with Crippen LogP contribution in [-0.2, 0) is 0 Å². The lowest BCUT2D eigenvalue weighted by Gasteiger charge is -2.02. The minimum Gasteiger partial charge on any atom is -0.293 e. The third-order valence-corrected chi connectivity index (χ3v) is 2.93. The third-order valence-electron chi connectivity index (χ3n) is 2.93. The molecule has 2 heteroatoms. The van der Waals surface area contributed by atoms with E-state index in [2.05, 4.69) is 41.2 Å². The number of hydrogen-bond acceptors (Lipinski definition) is 2. The van der Waals surface area contributed by atoms with Crippen LogP contribution in [0.2, 0.25) is 0 Å². The molecule has 0 aromatic heterocycles. The van der Waals surface area contributed by atoms with Crippen LogP contribution in [0.15, 0.2) is 28.2 Å². The van der Waals surface area contributed by atoms with E-state index in [0.717, 1.165) is 17.8 Å². The summed E-state index contributed by atoms with van der Waals surface area (Å²) in [7, 11) is 1.83. The van der Waals surface area contributed by atoms with Crippen molar-refractivity contribution in [2.24, 2.45) is 9.98 Å². The summed E-state index contributed by atoms with van der Waals surface area (Å²) in [6, 6.07) is 6.31. The van der Waals surface area contributed by atoms with E-state index < -0.39 is 0 Å². The summed E-state index contributed by atoms with van der Waals surface area (Å²) >= 11 is 0. The highest BCUT2D eigenvalue weighted by atomic mass is 14.7. The van der Waals surface area contributed by atoms with Crippen molar-refractivity contribution in [3.05, 3.63) is 34.2 Å². The lowest BCUT2D eigenvalue weighted by molar-refractivity contribution is 1.36. The molecule has 0 saturated carbocycles. The van der Waals surface area contributed by atoms with E-state index in [-0.39, 0.29) is 0 Å². The molecule has 82 valence electrons. The van der Waals surface area contributed by atoms with Crippen LogP contribution >= 0.6 is 0 Å². The Kier molecular flexibility index (Phi) is 3.00. The van der Waals surface area contributed by atoms with E-state index in [1.807, 2.05) is 20.2 Å². The molecule has 0 saturated heterocycles. The van der Waals surface area contributed by atoms with Crippen LogP contribution in [0.5, 0.6) is 0 Å². The van der Waals surface area contributed by atoms with Crippen molar-refractivity contribution in [3.63, 3.8) is 0 Å². The van der Waals surface area contributed by atoms with E-state index in [9.17, 15) is 0 Å². The summed E-state index contributed by atoms with van der Waals surface area (Å²) in [6.07, 6.45) is 5.06. The molecule has 16 heavy (non-hydrogen) atoms. The van der Waals surface area contributed by atoms with Crippen molar-refractivity contribution < 1.29 is 0 Å². The topological polar surface area (TPSA) is 24.7 Å². The van der Waals surface area contributed by atoms with Crippen molar-refractivity contribution in [2.75, 3.05) is 7.05 Å². The maximum Gasteiger partial charge on any atom is 0.0447 e. The molecule has 2 nitrogen and oxygen atoms in total. The van der Waals surface area contributed by atoms with Crippen LogP contribution < -0.4 is 10.4 Å². The van der Waals surface area contributed by atoms with Gasteiger partial charge in [-0.3, -0.25) is 9.98 Å². The largest absolute Gasteiger partial charge is 0.293 e. The van der Waals surface area contributed by atoms with Crippen LogP contribution in [0.4, 0.5) is 0 Å². The second kappa shape index (κ2) is 4.44. The van der Waals surface area contributed by atoms with Crippen LogP contribution in [0.3, 0.4) is 0 Å². The lowest BCUT2D eigenvalue weighted by Crippen LogP contribution is -2.31. The highest BCUT2D eigenvalue weighted by Gasteiger charge is 2.02. The summed E-state index contributed by atoms with van der Waals surface area (Å²) in [4.78, 5) is 8.68. The molecule has 0 amide bonds. The maximum atomic E-state index is 4.41. The minimum absolute atomic E-state index is 0.887. The molecule has 0 unspecified atom stereocenters. The summed E-state index contributed by atoms with van der Waals surface area (Å²) < 4.78 is 0. The predicted octanol–water partition coefficient (Wildman–Crippen LogP) is 1.51. The summed E-state index contributed by atoms with van der Waals surface area (Å²) in [5, 5.41) is 2.48. The van der Waals surface area contributed by atoms with Gasteiger partial charge in [0.15, 0.2) is 0 Å². The molecule has 1 heterocycles. The molecule has 1 aromatic rings. The van der Waals surface area contributed by atoms with Crippen molar-refractivity contribution in [2.45, 2.75) is 20.3 Å². The second-order valence-electron chi connectivity index (χ2n) is 3.91. The van der Waals surface area contributed by atoms with Gasteiger partial charge in [-0.1, -0.05) is 24.3 Å². The SMILES string of the molecule is CN=C(C)c1cccc2c1=CCC=NC=2C. The molecule has 0 atom stereocenters. The first-order valence-electron chi connectivity index (χ1n) is 5.50. The van der Waals surface area contributed by atoms with Gasteiger partial charge in [0.1, 0.15) is 0 Å². The Bertz CT molecular complexity index is 577. The van der Waals surface area contributed by atoms with E-state index in [4.69, 9.17) is 0 Å². The Labute approximate surface area is 95.8 Å². The average molecular weight is 212 g/mol. The standard InChI is InChI=1S/C14H16N2/c1-10(15-3)12-6-4-7-13-11(2)16-9-5-8-14(12)13/h4,6-9H,5H2,1-3H3. The van der Waals surface area contributed by atoms with Crippen LogP contribution in [0, 0.1) is 0 Å². The van der Waals surface area contributed by atoms with Gasteiger partial charge in [-0.2, -0.15) is 0 Å². The molecule has 0 aliphatic carbocycles. The number of benzene rings is 1. The highest BCUT2D eigenvalue weighted by Crippen LogP contribution is 1.98. The first kappa shape index (κ1) is 10.8. The zero-order chi connectivity index (χ0) is 11.5. The zero-order valence-electron chi connectivity index (χ0n) is 9.99. The maximum absolute atomic E-state index is 4.41. The molecule has 1 aliphatic rings. The third kappa shape index (κ3) is 1.83. The highest BCUT2D eigenvalue weighted by molar-refractivity contribution is 5.99. The lowest BCUT2D eigenvalue weighted by atomic mass is 10.0. The number of hydrogen-bond donors (Lipinski definition) is 0. The quantitative estimate of drug-likeness (QED) is 0.630. The van der Waals surface area contributed by atoms with Crippen LogP contribution in [-0.4, -0.2) is 19.0 Å². The normalized spacial score (nSPS) is 15.4. The summed E-state index contributed by atoms with van der Waals surface area (Å²) in [6.45, 7) is 4.10. The number of aliphatic imine (C=N–C) groups is 2. The fraction of sp³-hybridized carbons (Fsp3) is 0.286. The molecule has 0 fully saturated rings. The van der Waals surface area contributed by atoms with Gasteiger partial charge in [0.05, 0.1) is 0 Å². The first-order chi connectivity index (χ1) is 7.74. The number of fused-ring (bicyclic) bond motifs is 1. The monoisotopic (exact) mass is 212 g/mol. The zero-order valence-corrected chi connectivity index (χ0v) is 9.99. The van der Waals surface area contributed by atoms with Gasteiger partial charge in [-0.25, -0.2) is 0 Å². The molecule has 0 N–H and O–H groups in total. The number of rotatable bonds is 1. The molecular weight excluding hydrogens is 196 g/mol. The van der Waals surface area contributed by atoms with Crippen LogP contribution in [0.25, 0.3) is 11.8 Å². The van der Waals surface area contributed by atoms with E-state index >= 15 is 0 Å². The van der Waals surface area contributed by atoms with Gasteiger partial charge in [-0.05, 0) is 19.1 Å². The van der Waals surface area contributed by atoms with Gasteiger partial charge in [0.2, 0.25) is 0 Å². The van der Waals surface area contributed by atoms with Crippen LogP contribution in [0.1, 0.15) is 25.8 Å². The first-order valence-corrected chi connectivity index (χ1v) is 5.50. The van der Waals surface area contributed by atoms with Gasteiger partial charge >= 0.3 is 0 Å². The Balaban J connectivity index is 2.86. The molecular formula is C14H16N2. The second-order valence-corrected chi connectivity index (χ2v) is 3.91. The molecule has 1 aliphatic heterocycles. The van der Waals surface area contributed by atoms with Gasteiger partial charge in [0, 0.05) is 41.9 Å². The van der Waals surface area contributed by atoms with E-state index in [0.29, 0.717) is 0 Å². The Morgan fingerprint density at radius 3 is 2.94 bits per heavy atom. The molecule has 0 bridgehead atoms. The summed E-state index contributed by atoms with van der Waals surface area (Å²) in [5.74, 6) is 0. The Morgan fingerprint density at radius 1 is 1.38 bits per heavy atom. The Morgan fingerprint density at radius 2 is 2.19 bits per heavy atom. The predicted molar refractivity (Wildman–Crippen MR) is 70.5 cm³/mol. The van der Waals surface area contributed by atoms with Crippen molar-refractivity contribution in [1.29, 1.82) is 0 Å². The molecule has 0 radical (unpaired) electrons. The van der Waals surface area contributed by atoms with E-state index in [1.54, 1.807) is 0 Å². The minimum atomic E-state index is 0.887.